The molecule has 1 aromatic carbocycles. The Hall–Kier alpha value is -1.04. The molecule has 2 nitrogen and oxygen atoms in total. The van der Waals surface area contributed by atoms with E-state index in [0.717, 1.165) is 17.1 Å². The zero-order chi connectivity index (χ0) is 10.6. The molecule has 1 rings (SSSR count). The first-order chi connectivity index (χ1) is 6.63. The van der Waals surface area contributed by atoms with Crippen molar-refractivity contribution < 1.29 is 0 Å². The van der Waals surface area contributed by atoms with Gasteiger partial charge in [-0.1, -0.05) is 23.7 Å². The molecule has 74 valence electrons. The van der Waals surface area contributed by atoms with Gasteiger partial charge in [-0.2, -0.15) is 5.26 Å². The number of nitrogens with zero attached hydrogens (tertiary/aromatic N) is 2. The Morgan fingerprint density at radius 1 is 1.50 bits per heavy atom. The Morgan fingerprint density at radius 2 is 2.21 bits per heavy atom. The minimum atomic E-state index is 0.446. The summed E-state index contributed by atoms with van der Waals surface area (Å²) < 4.78 is 0. The van der Waals surface area contributed by atoms with E-state index < -0.39 is 0 Å². The molecule has 0 saturated heterocycles. The predicted molar refractivity (Wildman–Crippen MR) is 58.1 cm³/mol. The first-order valence-corrected chi connectivity index (χ1v) is 4.82. The monoisotopic (exact) mass is 208 g/mol. The van der Waals surface area contributed by atoms with Gasteiger partial charge >= 0.3 is 0 Å². The van der Waals surface area contributed by atoms with E-state index in [0.29, 0.717) is 6.54 Å². The lowest BCUT2D eigenvalue weighted by Gasteiger charge is -2.12. The van der Waals surface area contributed by atoms with Crippen LogP contribution in [0.5, 0.6) is 0 Å². The van der Waals surface area contributed by atoms with Crippen molar-refractivity contribution in [2.45, 2.75) is 13.5 Å². The molecule has 0 heterocycles. The summed E-state index contributed by atoms with van der Waals surface area (Å²) >= 11 is 5.91. The van der Waals surface area contributed by atoms with E-state index in [1.165, 1.54) is 5.56 Å². The molecule has 3 heteroatoms. The molecule has 0 aromatic heterocycles. The molecule has 0 spiro atoms. The molecule has 0 aliphatic rings. The summed E-state index contributed by atoms with van der Waals surface area (Å²) in [5.74, 6) is 0. The van der Waals surface area contributed by atoms with Gasteiger partial charge < -0.3 is 0 Å². The second-order valence-electron chi connectivity index (χ2n) is 3.41. The number of benzene rings is 1. The Morgan fingerprint density at radius 3 is 2.79 bits per heavy atom. The third kappa shape index (κ3) is 3.02. The second kappa shape index (κ2) is 4.99. The molecule has 0 amide bonds. The summed E-state index contributed by atoms with van der Waals surface area (Å²) in [5, 5.41) is 9.29. The van der Waals surface area contributed by atoms with Gasteiger partial charge in [0.15, 0.2) is 0 Å². The van der Waals surface area contributed by atoms with Gasteiger partial charge in [0.25, 0.3) is 0 Å². The SMILES string of the molecule is Cc1cc(CN(C)CC#N)ccc1Cl. The summed E-state index contributed by atoms with van der Waals surface area (Å²) in [6, 6.07) is 8.05. The van der Waals surface area contributed by atoms with Crippen molar-refractivity contribution in [2.24, 2.45) is 0 Å². The van der Waals surface area contributed by atoms with Gasteiger partial charge in [0.2, 0.25) is 0 Å². The standard InChI is InChI=1S/C11H13ClN2/c1-9-7-10(3-4-11(9)12)8-14(2)6-5-13/h3-4,7H,6,8H2,1-2H3. The molecule has 14 heavy (non-hydrogen) atoms. The topological polar surface area (TPSA) is 27.0 Å². The second-order valence-corrected chi connectivity index (χ2v) is 3.82. The maximum Gasteiger partial charge on any atom is 0.0866 e. The van der Waals surface area contributed by atoms with Gasteiger partial charge in [0.1, 0.15) is 0 Å². The highest BCUT2D eigenvalue weighted by molar-refractivity contribution is 6.31. The van der Waals surface area contributed by atoms with Crippen molar-refractivity contribution in [3.8, 4) is 6.07 Å². The molecular weight excluding hydrogens is 196 g/mol. The van der Waals surface area contributed by atoms with Crippen molar-refractivity contribution in [1.82, 2.24) is 4.90 Å². The molecule has 0 unspecified atom stereocenters. The van der Waals surface area contributed by atoms with Crippen LogP contribution in [-0.4, -0.2) is 18.5 Å². The third-order valence-electron chi connectivity index (χ3n) is 2.02. The lowest BCUT2D eigenvalue weighted by Crippen LogP contribution is -2.17. The van der Waals surface area contributed by atoms with Gasteiger partial charge in [-0.05, 0) is 31.2 Å². The predicted octanol–water partition coefficient (Wildman–Crippen LogP) is 2.60. The fraction of sp³-hybridized carbons (Fsp3) is 0.364. The molecule has 0 aliphatic heterocycles. The lowest BCUT2D eigenvalue weighted by molar-refractivity contribution is 0.367. The minimum absolute atomic E-state index is 0.446. The van der Waals surface area contributed by atoms with Crippen LogP contribution in [0, 0.1) is 18.3 Å². The molecule has 1 aromatic rings. The lowest BCUT2D eigenvalue weighted by atomic mass is 10.1. The van der Waals surface area contributed by atoms with Gasteiger partial charge in [0, 0.05) is 11.6 Å². The average Bonchev–Trinajstić information content (AvgIpc) is 2.12. The van der Waals surface area contributed by atoms with Crippen molar-refractivity contribution in [2.75, 3.05) is 13.6 Å². The van der Waals surface area contributed by atoms with Crippen LogP contribution in [0.15, 0.2) is 18.2 Å². The zero-order valence-corrected chi connectivity index (χ0v) is 9.17. The highest BCUT2D eigenvalue weighted by Gasteiger charge is 2.01. The van der Waals surface area contributed by atoms with Gasteiger partial charge in [-0.3, -0.25) is 4.90 Å². The molecular formula is C11H13ClN2. The van der Waals surface area contributed by atoms with Gasteiger partial charge in [-0.15, -0.1) is 0 Å². The van der Waals surface area contributed by atoms with Crippen molar-refractivity contribution >= 4 is 11.6 Å². The highest BCUT2D eigenvalue weighted by atomic mass is 35.5. The first-order valence-electron chi connectivity index (χ1n) is 4.44. The maximum absolute atomic E-state index is 8.50. The largest absolute Gasteiger partial charge is 0.289 e. The Bertz CT molecular complexity index is 355. The van der Waals surface area contributed by atoms with Crippen LogP contribution in [-0.2, 0) is 6.54 Å². The van der Waals surface area contributed by atoms with E-state index in [9.17, 15) is 0 Å². The van der Waals surface area contributed by atoms with Crippen LogP contribution in [0.1, 0.15) is 11.1 Å². The third-order valence-corrected chi connectivity index (χ3v) is 2.44. The molecule has 0 aliphatic carbocycles. The number of rotatable bonds is 3. The van der Waals surface area contributed by atoms with E-state index in [-0.39, 0.29) is 0 Å². The number of hydrogen-bond donors (Lipinski definition) is 0. The number of halogens is 1. The van der Waals surface area contributed by atoms with Gasteiger partial charge in [0.05, 0.1) is 12.6 Å². The first kappa shape index (κ1) is 11.0. The molecule has 0 N–H and O–H groups in total. The summed E-state index contributed by atoms with van der Waals surface area (Å²) in [7, 11) is 1.92. The number of hydrogen-bond acceptors (Lipinski definition) is 2. The molecule has 0 radical (unpaired) electrons. The van der Waals surface area contributed by atoms with Crippen LogP contribution >= 0.6 is 11.6 Å². The fourth-order valence-corrected chi connectivity index (χ4v) is 1.41. The van der Waals surface area contributed by atoms with E-state index >= 15 is 0 Å². The summed E-state index contributed by atoms with van der Waals surface area (Å²) in [6.45, 7) is 3.21. The Balaban J connectivity index is 2.69. The Kier molecular flexibility index (Phi) is 3.94. The Labute approximate surface area is 89.7 Å². The average molecular weight is 209 g/mol. The number of nitriles is 1. The van der Waals surface area contributed by atoms with Crippen molar-refractivity contribution in [3.05, 3.63) is 34.3 Å². The molecule has 0 saturated carbocycles. The van der Waals surface area contributed by atoms with E-state index in [2.05, 4.69) is 12.1 Å². The minimum Gasteiger partial charge on any atom is -0.289 e. The summed E-state index contributed by atoms with van der Waals surface area (Å²) in [5.41, 5.74) is 2.26. The van der Waals surface area contributed by atoms with Crippen LogP contribution < -0.4 is 0 Å². The highest BCUT2D eigenvalue weighted by Crippen LogP contribution is 2.16. The van der Waals surface area contributed by atoms with Crippen LogP contribution in [0.2, 0.25) is 5.02 Å². The molecule has 0 bridgehead atoms. The summed E-state index contributed by atoms with van der Waals surface area (Å²) in [6.07, 6.45) is 0. The normalized spacial score (nSPS) is 10.2. The van der Waals surface area contributed by atoms with Crippen molar-refractivity contribution in [3.63, 3.8) is 0 Å². The quantitative estimate of drug-likeness (QED) is 0.714. The maximum atomic E-state index is 8.50. The van der Waals surface area contributed by atoms with E-state index in [1.807, 2.05) is 31.0 Å². The van der Waals surface area contributed by atoms with Crippen LogP contribution in [0.4, 0.5) is 0 Å². The summed E-state index contributed by atoms with van der Waals surface area (Å²) in [4.78, 5) is 1.96. The van der Waals surface area contributed by atoms with Crippen LogP contribution in [0.3, 0.4) is 0 Å². The molecule has 0 fully saturated rings. The fourth-order valence-electron chi connectivity index (χ4n) is 1.29. The number of aryl methyl sites for hydroxylation is 1. The zero-order valence-electron chi connectivity index (χ0n) is 8.42. The van der Waals surface area contributed by atoms with Crippen LogP contribution in [0.25, 0.3) is 0 Å². The van der Waals surface area contributed by atoms with E-state index in [4.69, 9.17) is 16.9 Å². The van der Waals surface area contributed by atoms with Crippen molar-refractivity contribution in [1.29, 1.82) is 5.26 Å². The smallest absolute Gasteiger partial charge is 0.0866 e. The van der Waals surface area contributed by atoms with E-state index in [1.54, 1.807) is 0 Å². The molecule has 0 atom stereocenters. The van der Waals surface area contributed by atoms with Gasteiger partial charge in [-0.25, -0.2) is 0 Å².